The minimum atomic E-state index is -0.312. The number of nitrogens with one attached hydrogen (secondary N) is 1. The van der Waals surface area contributed by atoms with Crippen molar-refractivity contribution in [3.8, 4) is 11.5 Å². The third-order valence-corrected chi connectivity index (χ3v) is 9.34. The Balaban J connectivity index is 1.18. The highest BCUT2D eigenvalue weighted by Crippen LogP contribution is 2.39. The minimum Gasteiger partial charge on any atom is -0.493 e. The van der Waals surface area contributed by atoms with E-state index in [0.717, 1.165) is 61.5 Å². The Hall–Kier alpha value is -2.77. The maximum atomic E-state index is 12.0. The van der Waals surface area contributed by atoms with Crippen molar-refractivity contribution >= 4 is 29.2 Å². The molecule has 0 bridgehead atoms. The molecule has 3 heterocycles. The number of hydrogen-bond acceptors (Lipinski definition) is 6. The van der Waals surface area contributed by atoms with Gasteiger partial charge in [0.25, 0.3) is 0 Å². The molecule has 0 aromatic heterocycles. The van der Waals surface area contributed by atoms with Crippen molar-refractivity contribution in [1.82, 2.24) is 5.32 Å². The average molecular weight is 597 g/mol. The molecule has 6 rings (SSSR count). The Morgan fingerprint density at radius 2 is 1.71 bits per heavy atom. The van der Waals surface area contributed by atoms with Gasteiger partial charge in [-0.05, 0) is 96.2 Å². The van der Waals surface area contributed by atoms with Gasteiger partial charge in [0, 0.05) is 25.7 Å². The van der Waals surface area contributed by atoms with Gasteiger partial charge in [-0.15, -0.1) is 0 Å². The zero-order chi connectivity index (χ0) is 28.3. The quantitative estimate of drug-likeness (QED) is 0.315. The summed E-state index contributed by atoms with van der Waals surface area (Å²) in [4.78, 5) is 12.0. The number of fused-ring (bicyclic) bond motifs is 2. The monoisotopic (exact) mass is 595 g/mol. The fourth-order valence-corrected chi connectivity index (χ4v) is 6.58. The van der Waals surface area contributed by atoms with Crippen molar-refractivity contribution in [2.45, 2.75) is 56.7 Å². The number of methoxy groups -OCH3 is 1. The lowest BCUT2D eigenvalue weighted by Crippen LogP contribution is -2.42. The summed E-state index contributed by atoms with van der Waals surface area (Å²) < 4.78 is 23.4. The van der Waals surface area contributed by atoms with E-state index in [1.54, 1.807) is 0 Å². The lowest BCUT2D eigenvalue weighted by molar-refractivity contribution is -0.143. The lowest BCUT2D eigenvalue weighted by atomic mass is 9.87. The molecule has 0 aliphatic carbocycles. The normalized spacial score (nSPS) is 21.5. The summed E-state index contributed by atoms with van der Waals surface area (Å²) in [6.07, 6.45) is 4.19. The summed E-state index contributed by atoms with van der Waals surface area (Å²) in [5, 5.41) is 4.39. The smallest absolute Gasteiger partial charge is 0.323 e. The number of rotatable bonds is 6. The molecule has 3 aromatic carbocycles. The maximum absolute atomic E-state index is 12.0. The van der Waals surface area contributed by atoms with Crippen molar-refractivity contribution in [2.75, 3.05) is 26.9 Å². The number of halogens is 2. The van der Waals surface area contributed by atoms with Crippen molar-refractivity contribution in [2.24, 2.45) is 5.92 Å². The van der Waals surface area contributed by atoms with E-state index >= 15 is 0 Å². The molecule has 3 aliphatic heterocycles. The van der Waals surface area contributed by atoms with E-state index < -0.39 is 0 Å². The second kappa shape index (κ2) is 12.6. The first kappa shape index (κ1) is 28.4. The van der Waals surface area contributed by atoms with E-state index in [1.165, 1.54) is 23.8 Å². The summed E-state index contributed by atoms with van der Waals surface area (Å²) in [7, 11) is 1.43. The van der Waals surface area contributed by atoms with Crippen LogP contribution in [0.2, 0.25) is 10.0 Å². The molecule has 1 fully saturated rings. The van der Waals surface area contributed by atoms with Crippen LogP contribution in [0, 0.1) is 5.92 Å². The first-order valence-electron chi connectivity index (χ1n) is 14.4. The fraction of sp³-hybridized carbons (Fsp3) is 0.424. The highest BCUT2D eigenvalue weighted by atomic mass is 35.5. The number of hydrogen-bond donors (Lipinski definition) is 1. The van der Waals surface area contributed by atoms with Gasteiger partial charge in [0.15, 0.2) is 0 Å². The molecule has 0 radical (unpaired) electrons. The SMILES string of the molecule is COC(=O)[C@@H]1Cc2cc3c(cc2CN1)CC(c1ccc(OC(c2ccc(Cl)c(Cl)c2)C2CCOCC2)cc1)CCO3. The highest BCUT2D eigenvalue weighted by molar-refractivity contribution is 6.42. The Labute approximate surface area is 251 Å². The van der Waals surface area contributed by atoms with Crippen LogP contribution in [0.5, 0.6) is 11.5 Å². The summed E-state index contributed by atoms with van der Waals surface area (Å²) in [5.41, 5.74) is 5.89. The van der Waals surface area contributed by atoms with Gasteiger partial charge in [0.2, 0.25) is 0 Å². The molecule has 0 saturated carbocycles. The number of benzene rings is 3. The molecule has 6 nitrogen and oxygen atoms in total. The number of carbonyl (C=O) groups excluding carboxylic acids is 1. The first-order valence-corrected chi connectivity index (χ1v) is 15.1. The van der Waals surface area contributed by atoms with Gasteiger partial charge in [0.05, 0.1) is 23.8 Å². The first-order chi connectivity index (χ1) is 20.0. The largest absolute Gasteiger partial charge is 0.493 e. The molecule has 0 amide bonds. The Bertz CT molecular complexity index is 1390. The minimum absolute atomic E-state index is 0.128. The molecule has 216 valence electrons. The van der Waals surface area contributed by atoms with Crippen LogP contribution in [0.15, 0.2) is 54.6 Å². The third kappa shape index (κ3) is 6.36. The summed E-state index contributed by atoms with van der Waals surface area (Å²) in [6.45, 7) is 2.77. The lowest BCUT2D eigenvalue weighted by Gasteiger charge is -2.31. The second-order valence-corrected chi connectivity index (χ2v) is 12.0. The second-order valence-electron chi connectivity index (χ2n) is 11.2. The molecule has 3 aliphatic rings. The van der Waals surface area contributed by atoms with E-state index in [1.807, 2.05) is 18.2 Å². The zero-order valence-corrected chi connectivity index (χ0v) is 24.7. The Morgan fingerprint density at radius 3 is 2.46 bits per heavy atom. The van der Waals surface area contributed by atoms with Gasteiger partial charge < -0.3 is 24.3 Å². The van der Waals surface area contributed by atoms with Crippen LogP contribution >= 0.6 is 23.2 Å². The van der Waals surface area contributed by atoms with Gasteiger partial charge in [-0.25, -0.2) is 0 Å². The summed E-state index contributed by atoms with van der Waals surface area (Å²) in [6, 6.07) is 18.4. The van der Waals surface area contributed by atoms with Crippen molar-refractivity contribution in [1.29, 1.82) is 0 Å². The molecule has 8 heteroatoms. The molecule has 0 spiro atoms. The number of carbonyl (C=O) groups is 1. The highest BCUT2D eigenvalue weighted by Gasteiger charge is 2.29. The Kier molecular flexibility index (Phi) is 8.73. The van der Waals surface area contributed by atoms with Crippen LogP contribution in [0.25, 0.3) is 0 Å². The van der Waals surface area contributed by atoms with Crippen molar-refractivity contribution < 1.29 is 23.7 Å². The van der Waals surface area contributed by atoms with Crippen LogP contribution in [-0.2, 0) is 33.7 Å². The molecular formula is C33H35Cl2NO5. The topological polar surface area (TPSA) is 66.0 Å². The average Bonchev–Trinajstić information content (AvgIpc) is 3.22. The molecule has 1 N–H and O–H groups in total. The van der Waals surface area contributed by atoms with E-state index in [-0.39, 0.29) is 18.1 Å². The zero-order valence-electron chi connectivity index (χ0n) is 23.2. The van der Waals surface area contributed by atoms with Crippen LogP contribution in [0.3, 0.4) is 0 Å². The van der Waals surface area contributed by atoms with Crippen molar-refractivity contribution in [3.63, 3.8) is 0 Å². The van der Waals surface area contributed by atoms with Gasteiger partial charge in [-0.3, -0.25) is 4.79 Å². The standard InChI is InChI=1S/C33H35Cl2NO5/c1-38-33(37)30-17-24-18-31-25(15-26(24)19-36-30)14-22(10-13-40-31)20-2-5-27(6-3-20)41-32(21-8-11-39-12-9-21)23-4-7-28(34)29(35)16-23/h2-7,15-16,18,21-22,30,32,36H,8-14,17,19H2,1H3/t22?,30-,32?/m0/s1. The molecular weight excluding hydrogens is 561 g/mol. The van der Waals surface area contributed by atoms with E-state index in [2.05, 4.69) is 41.7 Å². The van der Waals surface area contributed by atoms with Gasteiger partial charge in [-0.1, -0.05) is 47.5 Å². The van der Waals surface area contributed by atoms with Gasteiger partial charge >= 0.3 is 5.97 Å². The van der Waals surface area contributed by atoms with E-state index in [4.69, 9.17) is 42.1 Å². The predicted molar refractivity (Wildman–Crippen MR) is 159 cm³/mol. The van der Waals surface area contributed by atoms with Crippen molar-refractivity contribution in [3.05, 3.63) is 92.5 Å². The van der Waals surface area contributed by atoms with Gasteiger partial charge in [0.1, 0.15) is 23.6 Å². The predicted octanol–water partition coefficient (Wildman–Crippen LogP) is 6.84. The van der Waals surface area contributed by atoms with Crippen LogP contribution < -0.4 is 14.8 Å². The third-order valence-electron chi connectivity index (χ3n) is 8.60. The number of ether oxygens (including phenoxy) is 4. The molecule has 2 unspecified atom stereocenters. The van der Waals surface area contributed by atoms with Gasteiger partial charge in [-0.2, -0.15) is 0 Å². The maximum Gasteiger partial charge on any atom is 0.323 e. The Morgan fingerprint density at radius 1 is 0.902 bits per heavy atom. The van der Waals surface area contributed by atoms with Crippen LogP contribution in [0.1, 0.15) is 59.1 Å². The molecule has 3 aromatic rings. The van der Waals surface area contributed by atoms with E-state index in [0.29, 0.717) is 41.5 Å². The molecule has 3 atom stereocenters. The van der Waals surface area contributed by atoms with Crippen LogP contribution in [-0.4, -0.2) is 38.9 Å². The van der Waals surface area contributed by atoms with Crippen LogP contribution in [0.4, 0.5) is 0 Å². The molecule has 1 saturated heterocycles. The summed E-state index contributed by atoms with van der Waals surface area (Å²) in [5.74, 6) is 2.21. The molecule has 41 heavy (non-hydrogen) atoms. The fourth-order valence-electron chi connectivity index (χ4n) is 6.27. The summed E-state index contributed by atoms with van der Waals surface area (Å²) >= 11 is 12.6. The van der Waals surface area contributed by atoms with E-state index in [9.17, 15) is 4.79 Å². The number of esters is 1.